The van der Waals surface area contributed by atoms with Crippen LogP contribution in [-0.2, 0) is 32.7 Å². The van der Waals surface area contributed by atoms with Crippen LogP contribution < -0.4 is 0 Å². The lowest BCUT2D eigenvalue weighted by Gasteiger charge is -2.24. The lowest BCUT2D eigenvalue weighted by atomic mass is 9.92. The quantitative estimate of drug-likeness (QED) is 0.831. The van der Waals surface area contributed by atoms with Crippen LogP contribution in [0, 0.1) is 0 Å². The molecule has 1 aliphatic heterocycles. The van der Waals surface area contributed by atoms with Gasteiger partial charge in [0, 0.05) is 13.1 Å². The summed E-state index contributed by atoms with van der Waals surface area (Å²) >= 11 is 0. The smallest absolute Gasteiger partial charge is 0.229 e. The van der Waals surface area contributed by atoms with Gasteiger partial charge in [-0.25, -0.2) is 16.8 Å². The van der Waals surface area contributed by atoms with Crippen molar-refractivity contribution in [3.05, 3.63) is 29.3 Å². The van der Waals surface area contributed by atoms with Crippen molar-refractivity contribution in [3.8, 4) is 0 Å². The Labute approximate surface area is 132 Å². The number of hydrogen-bond acceptors (Lipinski definition) is 4. The molecule has 122 valence electrons. The van der Waals surface area contributed by atoms with Gasteiger partial charge in [-0.05, 0) is 55.4 Å². The monoisotopic (exact) mass is 343 g/mol. The molecule has 0 N–H and O–H groups in total. The van der Waals surface area contributed by atoms with Gasteiger partial charge in [0.1, 0.15) is 0 Å². The highest BCUT2D eigenvalue weighted by atomic mass is 32.2. The summed E-state index contributed by atoms with van der Waals surface area (Å²) < 4.78 is 49.9. The Hall–Kier alpha value is -0.920. The Balaban J connectivity index is 1.89. The molecule has 0 radical (unpaired) electrons. The number of sulfonamides is 1. The van der Waals surface area contributed by atoms with E-state index in [1.54, 1.807) is 12.1 Å². The first-order chi connectivity index (χ1) is 10.3. The number of aryl methyl sites for hydroxylation is 2. The summed E-state index contributed by atoms with van der Waals surface area (Å²) in [4.78, 5) is 0.278. The number of rotatable bonds is 3. The summed E-state index contributed by atoms with van der Waals surface area (Å²) in [5, 5.41) is 0. The Kier molecular flexibility index (Phi) is 4.07. The number of hydrogen-bond donors (Lipinski definition) is 0. The van der Waals surface area contributed by atoms with E-state index < -0.39 is 25.9 Å². The number of sulfone groups is 1. The van der Waals surface area contributed by atoms with Crippen LogP contribution in [0.3, 0.4) is 0 Å². The lowest BCUT2D eigenvalue weighted by molar-refractivity contribution is 0.394. The number of fused-ring (bicyclic) bond motifs is 1. The molecule has 0 amide bonds. The van der Waals surface area contributed by atoms with Crippen molar-refractivity contribution in [3.63, 3.8) is 0 Å². The van der Waals surface area contributed by atoms with Gasteiger partial charge in [0.05, 0.1) is 16.4 Å². The molecule has 0 saturated carbocycles. The molecule has 0 unspecified atom stereocenters. The summed E-state index contributed by atoms with van der Waals surface area (Å²) in [7, 11) is -5.25. The lowest BCUT2D eigenvalue weighted by Crippen LogP contribution is -2.37. The molecule has 2 aliphatic rings. The summed E-state index contributed by atoms with van der Waals surface area (Å²) in [6.45, 7) is 0. The van der Waals surface area contributed by atoms with Crippen LogP contribution in [0.1, 0.15) is 30.4 Å². The highest BCUT2D eigenvalue weighted by Crippen LogP contribution is 2.27. The Morgan fingerprint density at radius 3 is 2.45 bits per heavy atom. The molecular formula is C15H21NO4S2. The fraction of sp³-hybridized carbons (Fsp3) is 0.600. The Bertz CT molecular complexity index is 784. The molecule has 7 heteroatoms. The summed E-state index contributed by atoms with van der Waals surface area (Å²) in [5.74, 6) is -0.00458. The average molecular weight is 343 g/mol. The molecule has 3 rings (SSSR count). The van der Waals surface area contributed by atoms with Crippen LogP contribution in [-0.4, -0.2) is 45.7 Å². The van der Waals surface area contributed by atoms with Crippen molar-refractivity contribution < 1.29 is 16.8 Å². The first-order valence-corrected chi connectivity index (χ1v) is 10.9. The Morgan fingerprint density at radius 1 is 1.14 bits per heavy atom. The third kappa shape index (κ3) is 2.94. The van der Waals surface area contributed by atoms with E-state index in [0.29, 0.717) is 6.42 Å². The molecule has 22 heavy (non-hydrogen) atoms. The normalized spacial score (nSPS) is 24.4. The summed E-state index contributed by atoms with van der Waals surface area (Å²) in [5.41, 5.74) is 2.34. The van der Waals surface area contributed by atoms with E-state index in [1.807, 2.05) is 6.07 Å². The SMILES string of the molecule is CN([C@@H]1CCS(=O)(=O)C1)S(=O)(=O)c1ccc2c(c1)CCCC2. The second kappa shape index (κ2) is 5.62. The fourth-order valence-corrected chi connectivity index (χ4v) is 6.60. The van der Waals surface area contributed by atoms with E-state index in [4.69, 9.17) is 0 Å². The maximum atomic E-state index is 12.7. The van der Waals surface area contributed by atoms with E-state index in [1.165, 1.54) is 16.9 Å². The van der Waals surface area contributed by atoms with Crippen LogP contribution >= 0.6 is 0 Å². The molecule has 0 aromatic heterocycles. The van der Waals surface area contributed by atoms with Gasteiger partial charge in [-0.2, -0.15) is 4.31 Å². The van der Waals surface area contributed by atoms with Gasteiger partial charge in [0.2, 0.25) is 10.0 Å². The van der Waals surface area contributed by atoms with Gasteiger partial charge in [-0.1, -0.05) is 6.07 Å². The molecule has 1 aliphatic carbocycles. The predicted molar refractivity (Wildman–Crippen MR) is 85.1 cm³/mol. The van der Waals surface area contributed by atoms with E-state index >= 15 is 0 Å². The van der Waals surface area contributed by atoms with E-state index in [0.717, 1.165) is 31.2 Å². The maximum Gasteiger partial charge on any atom is 0.243 e. The molecule has 0 bridgehead atoms. The van der Waals surface area contributed by atoms with Gasteiger partial charge < -0.3 is 0 Å². The minimum Gasteiger partial charge on any atom is -0.229 e. The average Bonchev–Trinajstić information content (AvgIpc) is 2.86. The van der Waals surface area contributed by atoms with E-state index in [2.05, 4.69) is 0 Å². The van der Waals surface area contributed by atoms with Gasteiger partial charge in [0.25, 0.3) is 0 Å². The fourth-order valence-electron chi connectivity index (χ4n) is 3.29. The largest absolute Gasteiger partial charge is 0.243 e. The van der Waals surface area contributed by atoms with Crippen molar-refractivity contribution in [2.45, 2.75) is 43.0 Å². The molecular weight excluding hydrogens is 322 g/mol. The highest BCUT2D eigenvalue weighted by Gasteiger charge is 2.36. The predicted octanol–water partition coefficient (Wildman–Crippen LogP) is 1.37. The van der Waals surface area contributed by atoms with Crippen LogP contribution in [0.25, 0.3) is 0 Å². The molecule has 5 nitrogen and oxygen atoms in total. The third-order valence-electron chi connectivity index (χ3n) is 4.72. The number of benzene rings is 1. The zero-order valence-corrected chi connectivity index (χ0v) is 14.3. The third-order valence-corrected chi connectivity index (χ3v) is 8.38. The molecule has 1 aromatic carbocycles. The second-order valence-electron chi connectivity index (χ2n) is 6.22. The van der Waals surface area contributed by atoms with E-state index in [9.17, 15) is 16.8 Å². The van der Waals surface area contributed by atoms with Crippen molar-refractivity contribution in [2.24, 2.45) is 0 Å². The van der Waals surface area contributed by atoms with Crippen molar-refractivity contribution >= 4 is 19.9 Å². The van der Waals surface area contributed by atoms with Crippen LogP contribution in [0.4, 0.5) is 0 Å². The number of nitrogens with zero attached hydrogens (tertiary/aromatic N) is 1. The molecule has 1 saturated heterocycles. The standard InChI is InChI=1S/C15H21NO4S2/c1-16(14-8-9-21(17,18)11-14)22(19,20)15-7-6-12-4-2-3-5-13(12)10-15/h6-7,10,14H,2-5,8-9,11H2,1H3/t14-/m1/s1. The zero-order valence-electron chi connectivity index (χ0n) is 12.7. The topological polar surface area (TPSA) is 71.5 Å². The first kappa shape index (κ1) is 16.0. The van der Waals surface area contributed by atoms with Crippen molar-refractivity contribution in [1.82, 2.24) is 4.31 Å². The summed E-state index contributed by atoms with van der Waals surface area (Å²) in [6.07, 6.45) is 4.54. The van der Waals surface area contributed by atoms with Crippen molar-refractivity contribution in [1.29, 1.82) is 0 Å². The van der Waals surface area contributed by atoms with Gasteiger partial charge >= 0.3 is 0 Å². The highest BCUT2D eigenvalue weighted by molar-refractivity contribution is 7.92. The molecule has 1 fully saturated rings. The first-order valence-electron chi connectivity index (χ1n) is 7.60. The maximum absolute atomic E-state index is 12.7. The van der Waals surface area contributed by atoms with Gasteiger partial charge in [-0.3, -0.25) is 0 Å². The van der Waals surface area contributed by atoms with E-state index in [-0.39, 0.29) is 16.4 Å². The second-order valence-corrected chi connectivity index (χ2v) is 10.4. The molecule has 1 heterocycles. The zero-order chi connectivity index (χ0) is 16.0. The molecule has 1 atom stereocenters. The molecule has 0 spiro atoms. The van der Waals surface area contributed by atoms with Crippen LogP contribution in [0.2, 0.25) is 0 Å². The minimum absolute atomic E-state index is 0.0711. The van der Waals surface area contributed by atoms with Gasteiger partial charge in [0.15, 0.2) is 9.84 Å². The van der Waals surface area contributed by atoms with Crippen LogP contribution in [0.15, 0.2) is 23.1 Å². The summed E-state index contributed by atoms with van der Waals surface area (Å²) in [6, 6.07) is 4.87. The Morgan fingerprint density at radius 2 is 1.82 bits per heavy atom. The minimum atomic E-state index is -3.64. The van der Waals surface area contributed by atoms with Gasteiger partial charge in [-0.15, -0.1) is 0 Å². The van der Waals surface area contributed by atoms with Crippen LogP contribution in [0.5, 0.6) is 0 Å². The van der Waals surface area contributed by atoms with Crippen molar-refractivity contribution in [2.75, 3.05) is 18.6 Å². The molecule has 1 aromatic rings.